The molecule has 1 aromatic heterocycles. The normalized spacial score (nSPS) is 17.0. The standard InChI is InChI=1S/C27H28F3N5O5/c28-27(29,30)26(38)40-25(17-3-1-2-4-17)32-24(37)18-7-10-21-20(15-18)22(34-33-21)31-23(36)16-5-8-19(9-6-16)35-11-13-39-14-12-35/h5-10,15,17,25H,1-4,11-14H2,(H,32,37)(H2,31,33,34,36). The molecule has 13 heteroatoms. The van der Waals surface area contributed by atoms with E-state index in [1.54, 1.807) is 18.2 Å². The number of H-pyrrole nitrogens is 1. The zero-order chi connectivity index (χ0) is 28.3. The zero-order valence-electron chi connectivity index (χ0n) is 21.4. The number of aromatic amines is 1. The summed E-state index contributed by atoms with van der Waals surface area (Å²) in [5.41, 5.74) is 2.03. The fourth-order valence-electron chi connectivity index (χ4n) is 4.97. The molecular weight excluding hydrogens is 531 g/mol. The van der Waals surface area contributed by atoms with Crippen molar-refractivity contribution in [1.29, 1.82) is 0 Å². The number of nitrogens with one attached hydrogen (secondary N) is 3. The Kier molecular flexibility index (Phi) is 7.92. The third-order valence-electron chi connectivity index (χ3n) is 7.13. The van der Waals surface area contributed by atoms with Crippen molar-refractivity contribution < 1.29 is 37.0 Å². The van der Waals surface area contributed by atoms with Gasteiger partial charge in [-0.2, -0.15) is 18.3 Å². The van der Waals surface area contributed by atoms with E-state index < -0.39 is 36.1 Å². The van der Waals surface area contributed by atoms with Gasteiger partial charge >= 0.3 is 12.1 Å². The molecule has 2 aromatic carbocycles. The van der Waals surface area contributed by atoms with Crippen LogP contribution in [0.5, 0.6) is 0 Å². The molecule has 2 fully saturated rings. The molecule has 2 aliphatic rings. The summed E-state index contributed by atoms with van der Waals surface area (Å²) in [6.45, 7) is 2.84. The molecule has 1 saturated carbocycles. The molecule has 1 saturated heterocycles. The van der Waals surface area contributed by atoms with Crippen LogP contribution in [0.1, 0.15) is 46.4 Å². The molecule has 10 nitrogen and oxygen atoms in total. The zero-order valence-corrected chi connectivity index (χ0v) is 21.4. The topological polar surface area (TPSA) is 126 Å². The molecule has 212 valence electrons. The molecule has 3 N–H and O–H groups in total. The Morgan fingerprint density at radius 1 is 1.00 bits per heavy atom. The first kappa shape index (κ1) is 27.4. The van der Waals surface area contributed by atoms with Crippen molar-refractivity contribution >= 4 is 40.2 Å². The molecule has 5 rings (SSSR count). The number of ether oxygens (including phenoxy) is 2. The summed E-state index contributed by atoms with van der Waals surface area (Å²) in [5.74, 6) is -3.71. The third-order valence-corrected chi connectivity index (χ3v) is 7.13. The number of carbonyl (C=O) groups is 3. The SMILES string of the molecule is O=C(Nc1n[nH]c2ccc(C(=O)NC(OC(=O)C(F)(F)F)C3CCCC3)cc12)c1ccc(N2CCOCC2)cc1. The van der Waals surface area contributed by atoms with E-state index in [0.29, 0.717) is 42.5 Å². The lowest BCUT2D eigenvalue weighted by atomic mass is 10.1. The van der Waals surface area contributed by atoms with E-state index in [2.05, 4.69) is 30.5 Å². The second kappa shape index (κ2) is 11.5. The molecular formula is C27H28F3N5O5. The summed E-state index contributed by atoms with van der Waals surface area (Å²) in [6, 6.07) is 11.6. The number of hydrogen-bond acceptors (Lipinski definition) is 7. The number of aromatic nitrogens is 2. The van der Waals surface area contributed by atoms with Crippen molar-refractivity contribution in [3.63, 3.8) is 0 Å². The van der Waals surface area contributed by atoms with Crippen LogP contribution >= 0.6 is 0 Å². The quantitative estimate of drug-likeness (QED) is 0.295. The van der Waals surface area contributed by atoms with E-state index in [9.17, 15) is 27.6 Å². The third kappa shape index (κ3) is 6.19. The van der Waals surface area contributed by atoms with Gasteiger partial charge in [-0.15, -0.1) is 0 Å². The van der Waals surface area contributed by atoms with Crippen LogP contribution in [-0.4, -0.2) is 66.7 Å². The number of amides is 2. The minimum absolute atomic E-state index is 0.102. The van der Waals surface area contributed by atoms with Crippen LogP contribution in [0.2, 0.25) is 0 Å². The lowest BCUT2D eigenvalue weighted by Gasteiger charge is -2.28. The Morgan fingerprint density at radius 2 is 1.68 bits per heavy atom. The Morgan fingerprint density at radius 3 is 2.35 bits per heavy atom. The average Bonchev–Trinajstić information content (AvgIpc) is 3.63. The first-order chi connectivity index (χ1) is 19.2. The largest absolute Gasteiger partial charge is 0.491 e. The number of carbonyl (C=O) groups excluding carboxylic acids is 3. The number of halogens is 3. The summed E-state index contributed by atoms with van der Waals surface area (Å²) in [5, 5.41) is 12.5. The number of anilines is 2. The number of nitrogens with zero attached hydrogens (tertiary/aromatic N) is 2. The van der Waals surface area contributed by atoms with Crippen molar-refractivity contribution in [2.24, 2.45) is 5.92 Å². The molecule has 1 unspecified atom stereocenters. The summed E-state index contributed by atoms with van der Waals surface area (Å²) in [6.07, 6.45) is -4.00. The lowest BCUT2D eigenvalue weighted by molar-refractivity contribution is -0.208. The van der Waals surface area contributed by atoms with Gasteiger partial charge in [-0.3, -0.25) is 14.7 Å². The van der Waals surface area contributed by atoms with Crippen LogP contribution in [0.25, 0.3) is 10.9 Å². The van der Waals surface area contributed by atoms with Crippen LogP contribution in [0.15, 0.2) is 42.5 Å². The molecule has 0 radical (unpaired) electrons. The second-order valence-electron chi connectivity index (χ2n) is 9.77. The van der Waals surface area contributed by atoms with E-state index in [-0.39, 0.29) is 11.4 Å². The highest BCUT2D eigenvalue weighted by atomic mass is 19.4. The maximum absolute atomic E-state index is 13.0. The lowest BCUT2D eigenvalue weighted by Crippen LogP contribution is -2.45. The van der Waals surface area contributed by atoms with Gasteiger partial charge in [0, 0.05) is 41.2 Å². The number of esters is 1. The fourth-order valence-corrected chi connectivity index (χ4v) is 4.97. The van der Waals surface area contributed by atoms with E-state index in [1.165, 1.54) is 12.1 Å². The van der Waals surface area contributed by atoms with E-state index in [0.717, 1.165) is 31.6 Å². The van der Waals surface area contributed by atoms with Gasteiger partial charge in [-0.1, -0.05) is 12.8 Å². The number of benzene rings is 2. The highest BCUT2D eigenvalue weighted by Gasteiger charge is 2.44. The van der Waals surface area contributed by atoms with Crippen molar-refractivity contribution in [2.75, 3.05) is 36.5 Å². The molecule has 2 amide bonds. The van der Waals surface area contributed by atoms with Crippen molar-refractivity contribution in [1.82, 2.24) is 15.5 Å². The van der Waals surface area contributed by atoms with E-state index >= 15 is 0 Å². The summed E-state index contributed by atoms with van der Waals surface area (Å²) in [4.78, 5) is 39.6. The molecule has 1 aliphatic carbocycles. The number of hydrogen-bond donors (Lipinski definition) is 3. The van der Waals surface area contributed by atoms with Gasteiger partial charge in [0.15, 0.2) is 12.0 Å². The Hall–Kier alpha value is -4.13. The molecule has 0 spiro atoms. The van der Waals surface area contributed by atoms with Gasteiger partial charge in [0.1, 0.15) is 0 Å². The minimum atomic E-state index is -5.17. The molecule has 1 aliphatic heterocycles. The van der Waals surface area contributed by atoms with E-state index in [4.69, 9.17) is 4.74 Å². The molecule has 40 heavy (non-hydrogen) atoms. The van der Waals surface area contributed by atoms with Crippen molar-refractivity contribution in [3.05, 3.63) is 53.6 Å². The molecule has 0 bridgehead atoms. The molecule has 3 aromatic rings. The van der Waals surface area contributed by atoms with Crippen LogP contribution in [0, 0.1) is 5.92 Å². The summed E-state index contributed by atoms with van der Waals surface area (Å²) >= 11 is 0. The van der Waals surface area contributed by atoms with E-state index in [1.807, 2.05) is 12.1 Å². The van der Waals surface area contributed by atoms with Crippen LogP contribution in [-0.2, 0) is 14.3 Å². The Balaban J connectivity index is 1.29. The number of fused-ring (bicyclic) bond motifs is 1. The number of alkyl halides is 3. The van der Waals surface area contributed by atoms with Crippen LogP contribution in [0.4, 0.5) is 24.7 Å². The highest BCUT2D eigenvalue weighted by Crippen LogP contribution is 2.30. The summed E-state index contributed by atoms with van der Waals surface area (Å²) < 4.78 is 48.5. The first-order valence-corrected chi connectivity index (χ1v) is 13.0. The number of rotatable bonds is 7. The Bertz CT molecular complexity index is 1380. The van der Waals surface area contributed by atoms with Gasteiger partial charge in [-0.05, 0) is 55.3 Å². The second-order valence-corrected chi connectivity index (χ2v) is 9.77. The van der Waals surface area contributed by atoms with Crippen LogP contribution < -0.4 is 15.5 Å². The van der Waals surface area contributed by atoms with Gasteiger partial charge in [0.25, 0.3) is 11.8 Å². The molecule has 1 atom stereocenters. The Labute approximate surface area is 227 Å². The smallest absolute Gasteiger partial charge is 0.435 e. The van der Waals surface area contributed by atoms with Gasteiger partial charge in [0.2, 0.25) is 0 Å². The van der Waals surface area contributed by atoms with Crippen molar-refractivity contribution in [2.45, 2.75) is 38.1 Å². The first-order valence-electron chi connectivity index (χ1n) is 13.0. The highest BCUT2D eigenvalue weighted by molar-refractivity contribution is 6.09. The van der Waals surface area contributed by atoms with Crippen LogP contribution in [0.3, 0.4) is 0 Å². The maximum Gasteiger partial charge on any atom is 0.491 e. The van der Waals surface area contributed by atoms with Gasteiger partial charge < -0.3 is 25.0 Å². The number of morpholine rings is 1. The average molecular weight is 560 g/mol. The van der Waals surface area contributed by atoms with Crippen molar-refractivity contribution in [3.8, 4) is 0 Å². The molecule has 2 heterocycles. The summed E-state index contributed by atoms with van der Waals surface area (Å²) in [7, 11) is 0. The fraction of sp³-hybridized carbons (Fsp3) is 0.407. The predicted molar refractivity (Wildman–Crippen MR) is 139 cm³/mol. The van der Waals surface area contributed by atoms with Gasteiger partial charge in [-0.25, -0.2) is 4.79 Å². The maximum atomic E-state index is 13.0. The predicted octanol–water partition coefficient (Wildman–Crippen LogP) is 4.00. The monoisotopic (exact) mass is 559 g/mol. The minimum Gasteiger partial charge on any atom is -0.435 e. The van der Waals surface area contributed by atoms with Gasteiger partial charge in [0.05, 0.1) is 18.7 Å².